The summed E-state index contributed by atoms with van der Waals surface area (Å²) in [6.07, 6.45) is 1.20. The molecule has 0 aromatic heterocycles. The van der Waals surface area contributed by atoms with Crippen molar-refractivity contribution in [1.29, 1.82) is 0 Å². The van der Waals surface area contributed by atoms with Gasteiger partial charge in [-0.1, -0.05) is 25.1 Å². The van der Waals surface area contributed by atoms with Crippen molar-refractivity contribution in [2.45, 2.75) is 33.6 Å². The number of para-hydroxylation sites is 1. The van der Waals surface area contributed by atoms with Gasteiger partial charge in [-0.15, -0.1) is 0 Å². The van der Waals surface area contributed by atoms with Crippen LogP contribution in [0.2, 0.25) is 0 Å². The van der Waals surface area contributed by atoms with Crippen LogP contribution in [0.15, 0.2) is 18.2 Å². The maximum Gasteiger partial charge on any atom is 0.306 e. The molecular weight excluding hydrogens is 216 g/mol. The third kappa shape index (κ3) is 3.77. The molecular formula is C14H20O3. The van der Waals surface area contributed by atoms with Crippen LogP contribution in [0.5, 0.6) is 5.75 Å². The Morgan fingerprint density at radius 2 is 1.94 bits per heavy atom. The van der Waals surface area contributed by atoms with E-state index in [1.54, 1.807) is 0 Å². The number of carboxylic acid groups (broad SMARTS) is 1. The van der Waals surface area contributed by atoms with Gasteiger partial charge in [0.15, 0.2) is 0 Å². The zero-order valence-electron chi connectivity index (χ0n) is 10.7. The van der Waals surface area contributed by atoms with Crippen LogP contribution in [0.4, 0.5) is 0 Å². The van der Waals surface area contributed by atoms with Gasteiger partial charge >= 0.3 is 5.97 Å². The monoisotopic (exact) mass is 236 g/mol. The Bertz CT molecular complexity index is 365. The second-order valence-corrected chi connectivity index (χ2v) is 4.30. The fraction of sp³-hybridized carbons (Fsp3) is 0.500. The van der Waals surface area contributed by atoms with E-state index in [2.05, 4.69) is 0 Å². The Morgan fingerprint density at radius 1 is 1.35 bits per heavy atom. The van der Waals surface area contributed by atoms with E-state index in [1.807, 2.05) is 39.0 Å². The molecule has 0 fully saturated rings. The lowest BCUT2D eigenvalue weighted by Gasteiger charge is -2.14. The Kier molecular flexibility index (Phi) is 5.01. The highest BCUT2D eigenvalue weighted by Crippen LogP contribution is 2.23. The fourth-order valence-electron chi connectivity index (χ4n) is 1.83. The number of ether oxygens (including phenoxy) is 1. The molecule has 3 nitrogen and oxygen atoms in total. The van der Waals surface area contributed by atoms with Crippen LogP contribution < -0.4 is 4.74 Å². The molecule has 1 aromatic carbocycles. The van der Waals surface area contributed by atoms with Crippen molar-refractivity contribution in [3.63, 3.8) is 0 Å². The molecule has 0 aliphatic heterocycles. The molecule has 0 heterocycles. The average Bonchev–Trinajstić information content (AvgIpc) is 2.27. The molecule has 3 heteroatoms. The molecule has 0 saturated carbocycles. The third-order valence-corrected chi connectivity index (χ3v) is 2.96. The standard InChI is InChI=1S/C14H20O3/c1-4-12(14(15)16)8-9-17-13-10(2)6-5-7-11(13)3/h5-7,12H,4,8-9H2,1-3H3,(H,15,16). The number of hydrogen-bond donors (Lipinski definition) is 1. The summed E-state index contributed by atoms with van der Waals surface area (Å²) in [7, 11) is 0. The van der Waals surface area contributed by atoms with Crippen LogP contribution in [0.25, 0.3) is 0 Å². The van der Waals surface area contributed by atoms with Gasteiger partial charge in [-0.05, 0) is 37.8 Å². The van der Waals surface area contributed by atoms with Crippen LogP contribution in [0.3, 0.4) is 0 Å². The molecule has 1 atom stereocenters. The van der Waals surface area contributed by atoms with Gasteiger partial charge in [-0.2, -0.15) is 0 Å². The minimum absolute atomic E-state index is 0.306. The van der Waals surface area contributed by atoms with Gasteiger partial charge in [0.1, 0.15) is 5.75 Å². The summed E-state index contributed by atoms with van der Waals surface area (Å²) < 4.78 is 5.69. The minimum atomic E-state index is -0.738. The average molecular weight is 236 g/mol. The second-order valence-electron chi connectivity index (χ2n) is 4.30. The molecule has 0 spiro atoms. The maximum atomic E-state index is 10.9. The number of aryl methyl sites for hydroxylation is 2. The first-order chi connectivity index (χ1) is 8.06. The second kappa shape index (κ2) is 6.28. The first kappa shape index (κ1) is 13.6. The minimum Gasteiger partial charge on any atom is -0.493 e. The van der Waals surface area contributed by atoms with Gasteiger partial charge in [0, 0.05) is 0 Å². The molecule has 0 aliphatic carbocycles. The SMILES string of the molecule is CCC(CCOc1c(C)cccc1C)C(=O)O. The molecule has 1 N–H and O–H groups in total. The van der Waals surface area contributed by atoms with Gasteiger partial charge < -0.3 is 9.84 Å². The van der Waals surface area contributed by atoms with E-state index in [0.29, 0.717) is 19.4 Å². The quantitative estimate of drug-likeness (QED) is 0.825. The van der Waals surface area contributed by atoms with Crippen LogP contribution >= 0.6 is 0 Å². The molecule has 0 radical (unpaired) electrons. The molecule has 1 aromatic rings. The van der Waals surface area contributed by atoms with E-state index in [9.17, 15) is 4.79 Å². The van der Waals surface area contributed by atoms with Crippen molar-refractivity contribution in [2.75, 3.05) is 6.61 Å². The molecule has 94 valence electrons. The topological polar surface area (TPSA) is 46.5 Å². The fourth-order valence-corrected chi connectivity index (χ4v) is 1.83. The summed E-state index contributed by atoms with van der Waals surface area (Å²) in [6.45, 7) is 6.34. The van der Waals surface area contributed by atoms with Crippen molar-refractivity contribution in [2.24, 2.45) is 5.92 Å². The van der Waals surface area contributed by atoms with Gasteiger partial charge in [0.05, 0.1) is 12.5 Å². The van der Waals surface area contributed by atoms with Gasteiger partial charge in [-0.3, -0.25) is 4.79 Å². The van der Waals surface area contributed by atoms with Crippen LogP contribution in [-0.4, -0.2) is 17.7 Å². The number of carboxylic acids is 1. The molecule has 17 heavy (non-hydrogen) atoms. The highest BCUT2D eigenvalue weighted by molar-refractivity contribution is 5.69. The number of rotatable bonds is 6. The first-order valence-corrected chi connectivity index (χ1v) is 5.98. The van der Waals surface area contributed by atoms with Gasteiger partial charge in [0.2, 0.25) is 0 Å². The summed E-state index contributed by atoms with van der Waals surface area (Å²) >= 11 is 0. The number of benzene rings is 1. The van der Waals surface area contributed by atoms with Crippen LogP contribution in [-0.2, 0) is 4.79 Å². The number of hydrogen-bond acceptors (Lipinski definition) is 2. The van der Waals surface area contributed by atoms with E-state index >= 15 is 0 Å². The predicted molar refractivity (Wildman–Crippen MR) is 67.4 cm³/mol. The normalized spacial score (nSPS) is 12.2. The Balaban J connectivity index is 2.54. The zero-order valence-corrected chi connectivity index (χ0v) is 10.7. The van der Waals surface area contributed by atoms with E-state index < -0.39 is 5.97 Å². The first-order valence-electron chi connectivity index (χ1n) is 5.98. The summed E-state index contributed by atoms with van der Waals surface area (Å²) in [5.41, 5.74) is 2.18. The summed E-state index contributed by atoms with van der Waals surface area (Å²) in [5.74, 6) is -0.162. The Labute approximate surface area is 102 Å². The lowest BCUT2D eigenvalue weighted by atomic mass is 10.0. The number of aliphatic carboxylic acids is 1. The van der Waals surface area contributed by atoms with E-state index in [4.69, 9.17) is 9.84 Å². The van der Waals surface area contributed by atoms with Crippen molar-refractivity contribution in [3.05, 3.63) is 29.3 Å². The lowest BCUT2D eigenvalue weighted by molar-refractivity contribution is -0.142. The van der Waals surface area contributed by atoms with Gasteiger partial charge in [-0.25, -0.2) is 0 Å². The van der Waals surface area contributed by atoms with Crippen molar-refractivity contribution >= 4 is 5.97 Å². The Hall–Kier alpha value is -1.51. The molecule has 1 unspecified atom stereocenters. The van der Waals surface area contributed by atoms with Crippen molar-refractivity contribution < 1.29 is 14.6 Å². The molecule has 0 aliphatic rings. The largest absolute Gasteiger partial charge is 0.493 e. The maximum absolute atomic E-state index is 10.9. The highest BCUT2D eigenvalue weighted by atomic mass is 16.5. The lowest BCUT2D eigenvalue weighted by Crippen LogP contribution is -2.16. The smallest absolute Gasteiger partial charge is 0.306 e. The van der Waals surface area contributed by atoms with E-state index in [-0.39, 0.29) is 5.92 Å². The highest BCUT2D eigenvalue weighted by Gasteiger charge is 2.15. The third-order valence-electron chi connectivity index (χ3n) is 2.96. The molecule has 0 saturated heterocycles. The zero-order chi connectivity index (χ0) is 12.8. The van der Waals surface area contributed by atoms with Crippen LogP contribution in [0.1, 0.15) is 30.9 Å². The summed E-state index contributed by atoms with van der Waals surface area (Å²) in [5, 5.41) is 8.92. The molecule has 0 bridgehead atoms. The van der Waals surface area contributed by atoms with Crippen molar-refractivity contribution in [1.82, 2.24) is 0 Å². The molecule has 1 rings (SSSR count). The summed E-state index contributed by atoms with van der Waals surface area (Å²) in [4.78, 5) is 10.9. The van der Waals surface area contributed by atoms with E-state index in [1.165, 1.54) is 0 Å². The van der Waals surface area contributed by atoms with E-state index in [0.717, 1.165) is 16.9 Å². The van der Waals surface area contributed by atoms with Crippen molar-refractivity contribution in [3.8, 4) is 5.75 Å². The predicted octanol–water partition coefficient (Wildman–Crippen LogP) is 3.18. The number of carbonyl (C=O) groups is 1. The molecule has 0 amide bonds. The Morgan fingerprint density at radius 3 is 2.41 bits per heavy atom. The van der Waals surface area contributed by atoms with Gasteiger partial charge in [0.25, 0.3) is 0 Å². The summed E-state index contributed by atoms with van der Waals surface area (Å²) in [6, 6.07) is 5.98. The van der Waals surface area contributed by atoms with Crippen LogP contribution in [0, 0.1) is 19.8 Å².